The number of rotatable bonds is 2. The number of hydrogen-bond donors (Lipinski definition) is 0. The number of hydrogen-bond acceptors (Lipinski definition) is 4. The minimum absolute atomic E-state index is 0.0175. The molecule has 4 nitrogen and oxygen atoms in total. The standard InChI is InChI=1S/C18H14O4/c19-16(20)12-9-18(17(21)22)13-7-3-1-5-10(13)15(12)11-6-2-4-8-14(11)18/h1-8,12,15H,9H2,(H,19,20)(H,21,22)/p-2. The number of carboxylic acids is 2. The van der Waals surface area contributed by atoms with Gasteiger partial charge in [-0.3, -0.25) is 0 Å². The molecule has 0 radical (unpaired) electrons. The molecule has 110 valence electrons. The molecular formula is C18H12O4-2. The molecule has 1 atom stereocenters. The van der Waals surface area contributed by atoms with E-state index < -0.39 is 23.3 Å². The zero-order chi connectivity index (χ0) is 15.5. The minimum Gasteiger partial charge on any atom is -0.550 e. The van der Waals surface area contributed by atoms with Crippen LogP contribution in [0.15, 0.2) is 48.5 Å². The molecule has 2 bridgehead atoms. The Bertz CT molecular complexity index is 761. The molecule has 22 heavy (non-hydrogen) atoms. The predicted molar refractivity (Wildman–Crippen MR) is 73.6 cm³/mol. The topological polar surface area (TPSA) is 80.3 Å². The summed E-state index contributed by atoms with van der Waals surface area (Å²) in [5.41, 5.74) is 1.40. The average Bonchev–Trinajstić information content (AvgIpc) is 2.54. The highest BCUT2D eigenvalue weighted by atomic mass is 16.4. The van der Waals surface area contributed by atoms with Crippen molar-refractivity contribution in [3.8, 4) is 0 Å². The lowest BCUT2D eigenvalue weighted by Gasteiger charge is -2.53. The Morgan fingerprint density at radius 1 is 0.909 bits per heavy atom. The number of aliphatic carboxylic acids is 2. The van der Waals surface area contributed by atoms with Crippen LogP contribution in [0.1, 0.15) is 34.6 Å². The highest BCUT2D eigenvalue weighted by molar-refractivity contribution is 5.91. The molecule has 0 aromatic heterocycles. The smallest absolute Gasteiger partial charge is 0.0609 e. The van der Waals surface area contributed by atoms with E-state index >= 15 is 0 Å². The average molecular weight is 292 g/mol. The zero-order valence-electron chi connectivity index (χ0n) is 11.6. The summed E-state index contributed by atoms with van der Waals surface area (Å²) in [4.78, 5) is 23.7. The Labute approximate surface area is 127 Å². The molecule has 2 aromatic rings. The fourth-order valence-corrected chi connectivity index (χ4v) is 4.25. The number of carbonyl (C=O) groups is 2. The van der Waals surface area contributed by atoms with Crippen molar-refractivity contribution in [2.75, 3.05) is 0 Å². The Morgan fingerprint density at radius 3 is 1.86 bits per heavy atom. The fourth-order valence-electron chi connectivity index (χ4n) is 4.25. The van der Waals surface area contributed by atoms with Crippen LogP contribution < -0.4 is 10.2 Å². The van der Waals surface area contributed by atoms with Crippen LogP contribution in [0.4, 0.5) is 0 Å². The van der Waals surface area contributed by atoms with Crippen molar-refractivity contribution in [1.29, 1.82) is 0 Å². The van der Waals surface area contributed by atoms with Crippen LogP contribution in [0.5, 0.6) is 0 Å². The van der Waals surface area contributed by atoms with Gasteiger partial charge in [0.1, 0.15) is 0 Å². The molecule has 3 aliphatic carbocycles. The second-order valence-electron chi connectivity index (χ2n) is 5.97. The van der Waals surface area contributed by atoms with E-state index in [2.05, 4.69) is 0 Å². The molecule has 0 spiro atoms. The van der Waals surface area contributed by atoms with Gasteiger partial charge in [0.15, 0.2) is 0 Å². The summed E-state index contributed by atoms with van der Waals surface area (Å²) in [6, 6.07) is 14.3. The van der Waals surface area contributed by atoms with Crippen LogP contribution in [0.2, 0.25) is 0 Å². The lowest BCUT2D eigenvalue weighted by Crippen LogP contribution is -2.57. The van der Waals surface area contributed by atoms with Crippen LogP contribution in [-0.4, -0.2) is 11.9 Å². The van der Waals surface area contributed by atoms with Gasteiger partial charge in [-0.05, 0) is 28.7 Å². The fraction of sp³-hybridized carbons (Fsp3) is 0.222. The molecule has 5 rings (SSSR count). The van der Waals surface area contributed by atoms with Gasteiger partial charge < -0.3 is 19.8 Å². The summed E-state index contributed by atoms with van der Waals surface area (Å²) >= 11 is 0. The van der Waals surface area contributed by atoms with Gasteiger partial charge in [0.2, 0.25) is 0 Å². The summed E-state index contributed by atoms with van der Waals surface area (Å²) in [7, 11) is 0. The molecule has 0 N–H and O–H groups in total. The van der Waals surface area contributed by atoms with Crippen molar-refractivity contribution in [2.24, 2.45) is 5.92 Å². The van der Waals surface area contributed by atoms with E-state index in [1.807, 2.05) is 12.1 Å². The van der Waals surface area contributed by atoms with Crippen molar-refractivity contribution in [3.63, 3.8) is 0 Å². The van der Waals surface area contributed by atoms with Crippen LogP contribution in [0, 0.1) is 5.92 Å². The van der Waals surface area contributed by atoms with E-state index in [0.717, 1.165) is 11.1 Å². The van der Waals surface area contributed by atoms with E-state index in [1.54, 1.807) is 36.4 Å². The maximum atomic E-state index is 12.1. The van der Waals surface area contributed by atoms with Gasteiger partial charge in [-0.2, -0.15) is 0 Å². The molecule has 1 unspecified atom stereocenters. The molecule has 4 heteroatoms. The quantitative estimate of drug-likeness (QED) is 0.776. The first-order valence-corrected chi connectivity index (χ1v) is 7.18. The predicted octanol–water partition coefficient (Wildman–Crippen LogP) is -0.0623. The molecule has 0 saturated carbocycles. The molecule has 0 amide bonds. The maximum absolute atomic E-state index is 12.1. The summed E-state index contributed by atoms with van der Waals surface area (Å²) in [6.07, 6.45) is -0.0175. The molecule has 0 saturated heterocycles. The van der Waals surface area contributed by atoms with Gasteiger partial charge in [-0.15, -0.1) is 0 Å². The van der Waals surface area contributed by atoms with Gasteiger partial charge in [0.05, 0.1) is 11.4 Å². The highest BCUT2D eigenvalue weighted by Gasteiger charge is 2.53. The highest BCUT2D eigenvalue weighted by Crippen LogP contribution is 2.58. The zero-order valence-corrected chi connectivity index (χ0v) is 11.6. The minimum atomic E-state index is -1.41. The van der Waals surface area contributed by atoms with Crippen molar-refractivity contribution in [1.82, 2.24) is 0 Å². The summed E-state index contributed by atoms with van der Waals surface area (Å²) in [5, 5.41) is 23.7. The van der Waals surface area contributed by atoms with E-state index in [0.29, 0.717) is 11.1 Å². The second kappa shape index (κ2) is 4.19. The third kappa shape index (κ3) is 1.37. The SMILES string of the molecule is O=C([O-])C1CC2(C(=O)[O-])c3ccccc3C1c1ccccc12. The summed E-state index contributed by atoms with van der Waals surface area (Å²) < 4.78 is 0. The Balaban J connectivity index is 2.13. The number of carboxylic acid groups (broad SMARTS) is 2. The van der Waals surface area contributed by atoms with Crippen molar-refractivity contribution < 1.29 is 19.8 Å². The first-order chi connectivity index (χ1) is 10.6. The molecule has 0 fully saturated rings. The molecule has 3 aliphatic rings. The Kier molecular flexibility index (Phi) is 2.49. The Hall–Kier alpha value is -2.62. The molecule has 0 heterocycles. The van der Waals surface area contributed by atoms with Gasteiger partial charge >= 0.3 is 0 Å². The van der Waals surface area contributed by atoms with Crippen LogP contribution in [-0.2, 0) is 15.0 Å². The van der Waals surface area contributed by atoms with Crippen LogP contribution >= 0.6 is 0 Å². The normalized spacial score (nSPS) is 27.8. The van der Waals surface area contributed by atoms with Crippen LogP contribution in [0.25, 0.3) is 0 Å². The van der Waals surface area contributed by atoms with E-state index in [4.69, 9.17) is 0 Å². The van der Waals surface area contributed by atoms with Gasteiger partial charge in [0, 0.05) is 17.8 Å². The van der Waals surface area contributed by atoms with Gasteiger partial charge in [-0.25, -0.2) is 0 Å². The van der Waals surface area contributed by atoms with Crippen molar-refractivity contribution in [3.05, 3.63) is 70.8 Å². The van der Waals surface area contributed by atoms with Gasteiger partial charge in [0.25, 0.3) is 0 Å². The third-order valence-electron chi connectivity index (χ3n) is 5.09. The lowest BCUT2D eigenvalue weighted by atomic mass is 9.51. The van der Waals surface area contributed by atoms with Crippen molar-refractivity contribution in [2.45, 2.75) is 17.8 Å². The largest absolute Gasteiger partial charge is 0.550 e. The van der Waals surface area contributed by atoms with Crippen LogP contribution in [0.3, 0.4) is 0 Å². The van der Waals surface area contributed by atoms with Gasteiger partial charge in [-0.1, -0.05) is 48.5 Å². The monoisotopic (exact) mass is 292 g/mol. The number of carbonyl (C=O) groups excluding carboxylic acids is 2. The maximum Gasteiger partial charge on any atom is 0.0609 e. The number of fused-ring (bicyclic) bond motifs is 1. The summed E-state index contributed by atoms with van der Waals surface area (Å²) in [6.45, 7) is 0. The van der Waals surface area contributed by atoms with E-state index in [-0.39, 0.29) is 12.3 Å². The first-order valence-electron chi connectivity index (χ1n) is 7.18. The van der Waals surface area contributed by atoms with E-state index in [1.165, 1.54) is 0 Å². The molecular weight excluding hydrogens is 280 g/mol. The Morgan fingerprint density at radius 2 is 1.41 bits per heavy atom. The summed E-state index contributed by atoms with van der Waals surface area (Å²) in [5.74, 6) is -3.68. The second-order valence-corrected chi connectivity index (χ2v) is 5.97. The molecule has 0 aliphatic heterocycles. The third-order valence-corrected chi connectivity index (χ3v) is 5.09. The molecule has 2 aromatic carbocycles. The number of benzene rings is 2. The van der Waals surface area contributed by atoms with E-state index in [9.17, 15) is 19.8 Å². The lowest BCUT2D eigenvalue weighted by molar-refractivity contribution is -0.318. The van der Waals surface area contributed by atoms with Crippen molar-refractivity contribution >= 4 is 11.9 Å². The first kappa shape index (κ1) is 13.1.